The van der Waals surface area contributed by atoms with Crippen LogP contribution in [-0.2, 0) is 0 Å². The van der Waals surface area contributed by atoms with Gasteiger partial charge >= 0.3 is 0 Å². The molecule has 0 amide bonds. The molecule has 15 aromatic rings. The maximum Gasteiger partial charge on any atom is 0.135 e. The van der Waals surface area contributed by atoms with Crippen LogP contribution in [0.25, 0.3) is 108 Å². The lowest BCUT2D eigenvalue weighted by Crippen LogP contribution is -2.01. The maximum atomic E-state index is 6.20. The molecule has 0 saturated heterocycles. The third-order valence-electron chi connectivity index (χ3n) is 17.3. The number of methoxy groups -OCH3 is 2. The number of hydrogen-bond donors (Lipinski definition) is 0. The molecule has 0 radical (unpaired) electrons. The molecule has 98 heavy (non-hydrogen) atoms. The van der Waals surface area contributed by atoms with Gasteiger partial charge in [-0.3, -0.25) is 0 Å². The first-order chi connectivity index (χ1) is 48.3. The number of fused-ring (bicyclic) bond motifs is 10. The molecule has 0 saturated carbocycles. The minimum Gasteiger partial charge on any atom is -0.497 e. The molecule has 498 valence electrons. The van der Waals surface area contributed by atoms with Crippen molar-refractivity contribution in [2.24, 2.45) is 0 Å². The highest BCUT2D eigenvalue weighted by atomic mass is 16.5. The smallest absolute Gasteiger partial charge is 0.135 e. The van der Waals surface area contributed by atoms with Gasteiger partial charge in [-0.25, -0.2) is 0 Å². The molecule has 0 aliphatic carbocycles. The molecule has 0 unspecified atom stereocenters. The highest BCUT2D eigenvalue weighted by molar-refractivity contribution is 6.13. The molecule has 0 N–H and O–H groups in total. The summed E-state index contributed by atoms with van der Waals surface area (Å²) in [7, 11) is 3.38. The molecule has 0 aromatic heterocycles. The lowest BCUT2D eigenvalue weighted by atomic mass is 10.0. The molecule has 15 rings (SSSR count). The molecular weight excluding hydrogens is 1210 g/mol. The third kappa shape index (κ3) is 15.9. The van der Waals surface area contributed by atoms with Crippen molar-refractivity contribution in [2.45, 2.75) is 80.1 Å². The Balaban J connectivity index is 0.000000125. The first kappa shape index (κ1) is 68.7. The number of benzene rings is 15. The van der Waals surface area contributed by atoms with Gasteiger partial charge in [-0.05, 0) is 131 Å². The molecule has 0 spiro atoms. The van der Waals surface area contributed by atoms with E-state index in [2.05, 4.69) is 246 Å². The second-order valence-corrected chi connectivity index (χ2v) is 24.0. The van der Waals surface area contributed by atoms with Gasteiger partial charge in [-0.2, -0.15) is 0 Å². The van der Waals surface area contributed by atoms with E-state index < -0.39 is 0 Å². The van der Waals surface area contributed by atoms with Crippen molar-refractivity contribution in [2.75, 3.05) is 53.9 Å². The van der Waals surface area contributed by atoms with Crippen molar-refractivity contribution < 1.29 is 37.9 Å². The Bertz CT molecular complexity index is 4600. The van der Waals surface area contributed by atoms with E-state index in [1.807, 2.05) is 50.2 Å². The largest absolute Gasteiger partial charge is 0.497 e. The van der Waals surface area contributed by atoms with Crippen LogP contribution in [0.2, 0.25) is 0 Å². The Hall–Kier alpha value is -10.7. The summed E-state index contributed by atoms with van der Waals surface area (Å²) in [4.78, 5) is 0. The van der Waals surface area contributed by atoms with Crippen LogP contribution >= 0.6 is 0 Å². The van der Waals surface area contributed by atoms with Crippen LogP contribution in [0.3, 0.4) is 0 Å². The van der Waals surface area contributed by atoms with E-state index in [9.17, 15) is 0 Å². The van der Waals surface area contributed by atoms with Crippen molar-refractivity contribution in [3.8, 4) is 46.0 Å². The van der Waals surface area contributed by atoms with Gasteiger partial charge in [0.05, 0.1) is 53.9 Å². The fourth-order valence-corrected chi connectivity index (χ4v) is 12.5. The van der Waals surface area contributed by atoms with Crippen molar-refractivity contribution >= 4 is 108 Å². The highest BCUT2D eigenvalue weighted by Crippen LogP contribution is 2.46. The lowest BCUT2D eigenvalue weighted by Gasteiger charge is -2.17. The second-order valence-electron chi connectivity index (χ2n) is 24.0. The second kappa shape index (κ2) is 34.3. The van der Waals surface area contributed by atoms with E-state index in [-0.39, 0.29) is 0 Å². The fraction of sp³-hybridized carbons (Fsp3) is 0.222. The van der Waals surface area contributed by atoms with Gasteiger partial charge in [0.2, 0.25) is 0 Å². The summed E-state index contributed by atoms with van der Waals surface area (Å²) in [6.07, 6.45) is 6.39. The van der Waals surface area contributed by atoms with E-state index in [0.29, 0.717) is 13.2 Å². The molecule has 8 nitrogen and oxygen atoms in total. The van der Waals surface area contributed by atoms with E-state index in [1.165, 1.54) is 43.1 Å². The zero-order valence-corrected chi connectivity index (χ0v) is 58.0. The van der Waals surface area contributed by atoms with Crippen molar-refractivity contribution in [3.63, 3.8) is 0 Å². The van der Waals surface area contributed by atoms with Crippen molar-refractivity contribution in [1.82, 2.24) is 0 Å². The summed E-state index contributed by atoms with van der Waals surface area (Å²) >= 11 is 0. The Morgan fingerprint density at radius 2 is 0.418 bits per heavy atom. The van der Waals surface area contributed by atoms with Crippen LogP contribution in [0.1, 0.15) is 80.1 Å². The maximum absolute atomic E-state index is 6.20. The van der Waals surface area contributed by atoms with Gasteiger partial charge in [-0.1, -0.05) is 247 Å². The lowest BCUT2D eigenvalue weighted by molar-refractivity contribution is 0.311. The Morgan fingerprint density at radius 3 is 0.643 bits per heavy atom. The Labute approximate surface area is 577 Å². The number of rotatable bonds is 20. The SMILES string of the molecule is CCCCOc1c2ccccc2c(OCCCC)c2ccccc12.CCCOc1c2ccccc2c(OCCC)c2ccccc12.CCOc1c2ccccc2c(OCC)c2ccccc12.COc1ccc2cc3cc(OC)ccc3cc2c1.c1ccc2cc3ccccc3cc2c1. The first-order valence-corrected chi connectivity index (χ1v) is 34.8. The molecule has 8 heteroatoms. The molecule has 0 fully saturated rings. The van der Waals surface area contributed by atoms with Crippen molar-refractivity contribution in [3.05, 3.63) is 255 Å². The topological polar surface area (TPSA) is 73.8 Å². The predicted octanol–water partition coefficient (Wildman–Crippen LogP) is 24.7. The van der Waals surface area contributed by atoms with Crippen LogP contribution in [-0.4, -0.2) is 53.9 Å². The molecule has 0 aliphatic heterocycles. The van der Waals surface area contributed by atoms with Gasteiger partial charge in [0, 0.05) is 64.6 Å². The molecule has 0 aliphatic rings. The standard InChI is InChI=1S/C22H26O2.C20H22O2.C18H18O2.C16H14O2.C14H10/c1-3-5-15-23-21-17-11-7-9-13-19(17)22(24-16-6-4-2)20-14-10-8-12-18(20)21;1-3-13-21-19-15-9-5-7-11-17(15)20(22-14-4-2)18-12-8-6-10-16(18)19;1-3-19-17-13-9-5-7-11-15(13)18(20-4-2)16-12-8-6-10-14(16)17;1-17-15-5-3-11-8-14-10-16(18-2)6-4-12(14)7-13(11)9-15;1-2-6-12-10-14-8-4-3-7-13(14)9-11(12)5-1/h7-14H,3-6,15-16H2,1-2H3;5-12H,3-4,13-14H2,1-2H3;5-12H,3-4H2,1-2H3;3-10H,1-2H3;1-10H. The molecular formula is C90H90O8. The van der Waals surface area contributed by atoms with Gasteiger partial charge in [0.15, 0.2) is 0 Å². The Kier molecular flexibility index (Phi) is 24.0. The average Bonchev–Trinajstić information content (AvgIpc) is 0.772. The fourth-order valence-electron chi connectivity index (χ4n) is 12.5. The Morgan fingerprint density at radius 1 is 0.204 bits per heavy atom. The van der Waals surface area contributed by atoms with Crippen molar-refractivity contribution in [1.29, 1.82) is 0 Å². The third-order valence-corrected chi connectivity index (χ3v) is 17.3. The molecule has 0 bridgehead atoms. The summed E-state index contributed by atoms with van der Waals surface area (Å²) < 4.78 is 46.9. The normalized spacial score (nSPS) is 10.9. The number of unbranched alkanes of at least 4 members (excludes halogenated alkanes) is 2. The summed E-state index contributed by atoms with van der Waals surface area (Å²) in [5.74, 6) is 7.57. The number of ether oxygens (including phenoxy) is 8. The van der Waals surface area contributed by atoms with Gasteiger partial charge in [-0.15, -0.1) is 0 Å². The zero-order valence-electron chi connectivity index (χ0n) is 58.0. The minimum atomic E-state index is 0.655. The molecule has 0 heterocycles. The quantitative estimate of drug-likeness (QED) is 0.0552. The zero-order chi connectivity index (χ0) is 68.0. The van der Waals surface area contributed by atoms with E-state index in [4.69, 9.17) is 37.9 Å². The average molecular weight is 1300 g/mol. The van der Waals surface area contributed by atoms with Gasteiger partial charge in [0.25, 0.3) is 0 Å². The summed E-state index contributed by atoms with van der Waals surface area (Å²) in [6, 6.07) is 88.0. The molecule has 0 atom stereocenters. The van der Waals surface area contributed by atoms with E-state index in [0.717, 1.165) is 176 Å². The van der Waals surface area contributed by atoms with Gasteiger partial charge in [0.1, 0.15) is 46.0 Å². The van der Waals surface area contributed by atoms with Crippen LogP contribution < -0.4 is 37.9 Å². The van der Waals surface area contributed by atoms with Crippen LogP contribution in [0.4, 0.5) is 0 Å². The highest BCUT2D eigenvalue weighted by Gasteiger charge is 2.19. The molecule has 15 aromatic carbocycles. The monoisotopic (exact) mass is 1300 g/mol. The minimum absolute atomic E-state index is 0.655. The van der Waals surface area contributed by atoms with E-state index in [1.54, 1.807) is 14.2 Å². The van der Waals surface area contributed by atoms with Crippen LogP contribution in [0.5, 0.6) is 46.0 Å². The van der Waals surface area contributed by atoms with Gasteiger partial charge < -0.3 is 37.9 Å². The summed E-state index contributed by atoms with van der Waals surface area (Å²) in [5, 5.41) is 23.5. The summed E-state index contributed by atoms with van der Waals surface area (Å²) in [6.45, 7) is 16.9. The van der Waals surface area contributed by atoms with Crippen LogP contribution in [0.15, 0.2) is 255 Å². The predicted molar refractivity (Wildman–Crippen MR) is 415 cm³/mol. The number of hydrogen-bond acceptors (Lipinski definition) is 8. The first-order valence-electron chi connectivity index (χ1n) is 34.8. The van der Waals surface area contributed by atoms with Crippen LogP contribution in [0, 0.1) is 0 Å². The summed E-state index contributed by atoms with van der Waals surface area (Å²) in [5.41, 5.74) is 0. The van der Waals surface area contributed by atoms with E-state index >= 15 is 0 Å².